The van der Waals surface area contributed by atoms with Crippen molar-refractivity contribution < 1.29 is 0 Å². The summed E-state index contributed by atoms with van der Waals surface area (Å²) in [6, 6.07) is 6.24. The highest BCUT2D eigenvalue weighted by Gasteiger charge is 2.17. The first-order valence-electron chi connectivity index (χ1n) is 6.78. The number of hydrogen-bond donors (Lipinski definition) is 1. The molecule has 100 valence electrons. The Morgan fingerprint density at radius 3 is 2.95 bits per heavy atom. The Morgan fingerprint density at radius 2 is 2.16 bits per heavy atom. The number of benzene rings is 1. The molecule has 0 bridgehead atoms. The van der Waals surface area contributed by atoms with Crippen molar-refractivity contribution in [2.45, 2.75) is 32.2 Å². The van der Waals surface area contributed by atoms with Gasteiger partial charge < -0.3 is 9.88 Å². The summed E-state index contributed by atoms with van der Waals surface area (Å²) in [4.78, 5) is 4.52. The lowest BCUT2D eigenvalue weighted by Gasteiger charge is -2.15. The molecule has 3 nitrogen and oxygen atoms in total. The second-order valence-corrected chi connectivity index (χ2v) is 5.44. The summed E-state index contributed by atoms with van der Waals surface area (Å²) in [5.41, 5.74) is 4.80. The van der Waals surface area contributed by atoms with Crippen LogP contribution < -0.4 is 5.32 Å². The highest BCUT2D eigenvalue weighted by molar-refractivity contribution is 6.32. The van der Waals surface area contributed by atoms with Crippen molar-refractivity contribution in [3.8, 4) is 5.69 Å². The summed E-state index contributed by atoms with van der Waals surface area (Å²) in [5, 5.41) is 3.93. The van der Waals surface area contributed by atoms with Gasteiger partial charge in [0.1, 0.15) is 0 Å². The number of rotatable bonds is 3. The van der Waals surface area contributed by atoms with Gasteiger partial charge in [0.2, 0.25) is 0 Å². The van der Waals surface area contributed by atoms with Crippen molar-refractivity contribution in [2.75, 3.05) is 7.05 Å². The van der Waals surface area contributed by atoms with Crippen molar-refractivity contribution in [3.05, 3.63) is 46.5 Å². The zero-order chi connectivity index (χ0) is 13.2. The van der Waals surface area contributed by atoms with Crippen molar-refractivity contribution >= 4 is 11.6 Å². The summed E-state index contributed by atoms with van der Waals surface area (Å²) in [6.45, 7) is 0.835. The molecule has 0 spiro atoms. The van der Waals surface area contributed by atoms with Gasteiger partial charge in [0.15, 0.2) is 0 Å². The van der Waals surface area contributed by atoms with Crippen molar-refractivity contribution in [2.24, 2.45) is 0 Å². The summed E-state index contributed by atoms with van der Waals surface area (Å²) < 4.78 is 2.15. The van der Waals surface area contributed by atoms with Gasteiger partial charge >= 0.3 is 0 Å². The van der Waals surface area contributed by atoms with E-state index < -0.39 is 0 Å². The molecule has 1 aliphatic rings. The SMILES string of the molecule is CNCc1ccc(-n2cnc3c2CCCC3)c(Cl)c1. The first-order chi connectivity index (χ1) is 9.29. The van der Waals surface area contributed by atoms with Crippen LogP contribution in [0.5, 0.6) is 0 Å². The van der Waals surface area contributed by atoms with Crippen LogP contribution in [0.4, 0.5) is 0 Å². The summed E-state index contributed by atoms with van der Waals surface area (Å²) in [6.07, 6.45) is 6.60. The monoisotopic (exact) mass is 275 g/mol. The molecule has 0 saturated carbocycles. The Morgan fingerprint density at radius 1 is 1.32 bits per heavy atom. The lowest BCUT2D eigenvalue weighted by atomic mass is 10.0. The van der Waals surface area contributed by atoms with Crippen LogP contribution in [0, 0.1) is 0 Å². The van der Waals surface area contributed by atoms with Crippen LogP contribution in [0.2, 0.25) is 5.02 Å². The predicted molar refractivity (Wildman–Crippen MR) is 78.0 cm³/mol. The average Bonchev–Trinajstić information content (AvgIpc) is 2.83. The lowest BCUT2D eigenvalue weighted by Crippen LogP contribution is -2.08. The van der Waals surface area contributed by atoms with Crippen LogP contribution in [-0.2, 0) is 19.4 Å². The Balaban J connectivity index is 2.00. The van der Waals surface area contributed by atoms with Gasteiger partial charge in [-0.1, -0.05) is 17.7 Å². The first kappa shape index (κ1) is 12.7. The number of halogens is 1. The quantitative estimate of drug-likeness (QED) is 0.933. The van der Waals surface area contributed by atoms with Crippen LogP contribution in [0.1, 0.15) is 29.8 Å². The number of hydrogen-bond acceptors (Lipinski definition) is 2. The largest absolute Gasteiger partial charge is 0.316 e. The minimum absolute atomic E-state index is 0.790. The third kappa shape index (κ3) is 2.40. The lowest BCUT2D eigenvalue weighted by molar-refractivity contribution is 0.656. The molecule has 0 aliphatic heterocycles. The molecule has 0 unspecified atom stereocenters. The molecule has 0 atom stereocenters. The number of imidazole rings is 1. The van der Waals surface area contributed by atoms with E-state index >= 15 is 0 Å². The number of nitrogens with zero attached hydrogens (tertiary/aromatic N) is 2. The van der Waals surface area contributed by atoms with Crippen LogP contribution in [0.3, 0.4) is 0 Å². The number of aryl methyl sites for hydroxylation is 1. The number of aromatic nitrogens is 2. The molecule has 0 fully saturated rings. The zero-order valence-corrected chi connectivity index (χ0v) is 11.9. The topological polar surface area (TPSA) is 29.9 Å². The van der Waals surface area contributed by atoms with Crippen LogP contribution in [-0.4, -0.2) is 16.6 Å². The van der Waals surface area contributed by atoms with E-state index in [0.717, 1.165) is 30.1 Å². The molecule has 2 aromatic rings. The molecule has 3 rings (SSSR count). The van der Waals surface area contributed by atoms with E-state index in [2.05, 4.69) is 27.0 Å². The van der Waals surface area contributed by atoms with Gasteiger partial charge in [0, 0.05) is 12.2 Å². The van der Waals surface area contributed by atoms with E-state index in [1.807, 2.05) is 19.4 Å². The fourth-order valence-electron chi connectivity index (χ4n) is 2.74. The summed E-state index contributed by atoms with van der Waals surface area (Å²) in [5.74, 6) is 0. The molecule has 1 N–H and O–H groups in total. The minimum Gasteiger partial charge on any atom is -0.316 e. The van der Waals surface area contributed by atoms with E-state index in [9.17, 15) is 0 Å². The fourth-order valence-corrected chi connectivity index (χ4v) is 3.03. The van der Waals surface area contributed by atoms with E-state index in [0.29, 0.717) is 0 Å². The molecule has 1 aliphatic carbocycles. The maximum Gasteiger partial charge on any atom is 0.0998 e. The van der Waals surface area contributed by atoms with E-state index in [4.69, 9.17) is 11.6 Å². The molecular weight excluding hydrogens is 258 g/mol. The van der Waals surface area contributed by atoms with E-state index in [-0.39, 0.29) is 0 Å². The van der Waals surface area contributed by atoms with Crippen molar-refractivity contribution in [3.63, 3.8) is 0 Å². The van der Waals surface area contributed by atoms with Gasteiger partial charge in [-0.25, -0.2) is 4.98 Å². The van der Waals surface area contributed by atoms with Crippen molar-refractivity contribution in [1.29, 1.82) is 0 Å². The van der Waals surface area contributed by atoms with Crippen molar-refractivity contribution in [1.82, 2.24) is 14.9 Å². The fraction of sp³-hybridized carbons (Fsp3) is 0.400. The molecule has 19 heavy (non-hydrogen) atoms. The highest BCUT2D eigenvalue weighted by atomic mass is 35.5. The van der Waals surface area contributed by atoms with E-state index in [1.165, 1.54) is 29.8 Å². The van der Waals surface area contributed by atoms with Crippen LogP contribution >= 0.6 is 11.6 Å². The normalized spacial score (nSPS) is 14.4. The molecule has 4 heteroatoms. The zero-order valence-electron chi connectivity index (χ0n) is 11.1. The molecule has 0 radical (unpaired) electrons. The van der Waals surface area contributed by atoms with Gasteiger partial charge in [-0.3, -0.25) is 0 Å². The second-order valence-electron chi connectivity index (χ2n) is 5.03. The number of nitrogens with one attached hydrogen (secondary N) is 1. The predicted octanol–water partition coefficient (Wildman–Crippen LogP) is 3.12. The maximum absolute atomic E-state index is 6.42. The second kappa shape index (κ2) is 5.35. The Hall–Kier alpha value is -1.32. The molecule has 1 heterocycles. The highest BCUT2D eigenvalue weighted by Crippen LogP contribution is 2.27. The third-order valence-corrected chi connectivity index (χ3v) is 3.99. The van der Waals surface area contributed by atoms with Gasteiger partial charge in [-0.2, -0.15) is 0 Å². The Labute approximate surface area is 118 Å². The Kier molecular flexibility index (Phi) is 3.58. The Bertz CT molecular complexity index is 589. The van der Waals surface area contributed by atoms with Gasteiger partial charge in [-0.15, -0.1) is 0 Å². The summed E-state index contributed by atoms with van der Waals surface area (Å²) in [7, 11) is 1.94. The standard InChI is InChI=1S/C15H18ClN3/c1-17-9-11-6-7-14(12(16)8-11)19-10-18-13-4-2-3-5-15(13)19/h6-8,10,17H,2-5,9H2,1H3. The molecule has 1 aromatic heterocycles. The molecule has 1 aromatic carbocycles. The van der Waals surface area contributed by atoms with Crippen LogP contribution in [0.25, 0.3) is 5.69 Å². The summed E-state index contributed by atoms with van der Waals surface area (Å²) >= 11 is 6.42. The third-order valence-electron chi connectivity index (χ3n) is 3.68. The first-order valence-corrected chi connectivity index (χ1v) is 7.16. The smallest absolute Gasteiger partial charge is 0.0998 e. The van der Waals surface area contributed by atoms with Gasteiger partial charge in [-0.05, 0) is 50.4 Å². The average molecular weight is 276 g/mol. The van der Waals surface area contributed by atoms with E-state index in [1.54, 1.807) is 0 Å². The van der Waals surface area contributed by atoms with Gasteiger partial charge in [0.25, 0.3) is 0 Å². The minimum atomic E-state index is 0.790. The maximum atomic E-state index is 6.42. The molecular formula is C15H18ClN3. The van der Waals surface area contributed by atoms with Crippen LogP contribution in [0.15, 0.2) is 24.5 Å². The van der Waals surface area contributed by atoms with Gasteiger partial charge in [0.05, 0.1) is 22.7 Å². The molecule has 0 saturated heterocycles. The number of fused-ring (bicyclic) bond motifs is 1. The molecule has 0 amide bonds.